The Morgan fingerprint density at radius 1 is 1.45 bits per heavy atom. The number of aryl methyl sites for hydroxylation is 2. The minimum Gasteiger partial charge on any atom is -0.495 e. The lowest BCUT2D eigenvalue weighted by atomic mass is 10.3. The van der Waals surface area contributed by atoms with Crippen LogP contribution in [0.5, 0.6) is 5.75 Å². The monoisotopic (exact) mass is 335 g/mol. The van der Waals surface area contributed by atoms with Gasteiger partial charge in [-0.05, 0) is 25.3 Å². The molecule has 116 valence electrons. The predicted octanol–water partition coefficient (Wildman–Crippen LogP) is 3.35. The van der Waals surface area contributed by atoms with Gasteiger partial charge in [0.05, 0.1) is 25.0 Å². The van der Waals surface area contributed by atoms with Crippen LogP contribution in [-0.4, -0.2) is 34.3 Å². The first-order valence-electron chi connectivity index (χ1n) is 6.82. The second-order valence-electron chi connectivity index (χ2n) is 5.12. The standard InChI is InChI=1S/C15H17N3O2S2/c1-9-7-18-11(10(2)16-15(18)22-9)8-17(3)14(19)13-12(20-4)5-6-21-13/h5-7H,8H2,1-4H3. The van der Waals surface area contributed by atoms with Crippen LogP contribution in [0.1, 0.15) is 25.9 Å². The summed E-state index contributed by atoms with van der Waals surface area (Å²) in [5, 5.41) is 1.87. The minimum absolute atomic E-state index is 0.0341. The second-order valence-corrected chi connectivity index (χ2v) is 7.25. The van der Waals surface area contributed by atoms with E-state index in [1.165, 1.54) is 16.2 Å². The highest BCUT2D eigenvalue weighted by molar-refractivity contribution is 7.17. The Labute approximate surface area is 136 Å². The molecule has 1 amide bonds. The number of fused-ring (bicyclic) bond motifs is 1. The van der Waals surface area contributed by atoms with Crippen molar-refractivity contribution in [1.82, 2.24) is 14.3 Å². The number of methoxy groups -OCH3 is 1. The van der Waals surface area contributed by atoms with Gasteiger partial charge in [-0.2, -0.15) is 0 Å². The molecule has 3 heterocycles. The molecule has 0 atom stereocenters. The van der Waals surface area contributed by atoms with Crippen molar-refractivity contribution in [3.63, 3.8) is 0 Å². The molecule has 0 spiro atoms. The minimum atomic E-state index is -0.0341. The molecule has 22 heavy (non-hydrogen) atoms. The Bertz CT molecular complexity index is 831. The van der Waals surface area contributed by atoms with E-state index in [0.717, 1.165) is 16.3 Å². The zero-order chi connectivity index (χ0) is 15.9. The van der Waals surface area contributed by atoms with Crippen molar-refractivity contribution < 1.29 is 9.53 Å². The molecule has 0 aliphatic carbocycles. The number of carbonyl (C=O) groups excluding carboxylic acids is 1. The van der Waals surface area contributed by atoms with Crippen molar-refractivity contribution in [3.8, 4) is 5.75 Å². The van der Waals surface area contributed by atoms with E-state index in [0.29, 0.717) is 17.2 Å². The molecular weight excluding hydrogens is 318 g/mol. The van der Waals surface area contributed by atoms with Crippen molar-refractivity contribution in [1.29, 1.82) is 0 Å². The fraction of sp³-hybridized carbons (Fsp3) is 0.333. The van der Waals surface area contributed by atoms with Crippen molar-refractivity contribution in [2.24, 2.45) is 0 Å². The molecule has 3 rings (SSSR count). The average molecular weight is 335 g/mol. The molecule has 0 bridgehead atoms. The quantitative estimate of drug-likeness (QED) is 0.734. The van der Waals surface area contributed by atoms with Crippen LogP contribution in [0, 0.1) is 13.8 Å². The average Bonchev–Trinajstić information content (AvgIpc) is 3.15. The van der Waals surface area contributed by atoms with Crippen LogP contribution in [0.3, 0.4) is 0 Å². The Balaban J connectivity index is 1.88. The molecule has 0 aromatic carbocycles. The molecule has 0 radical (unpaired) electrons. The van der Waals surface area contributed by atoms with Crippen molar-refractivity contribution in [2.75, 3.05) is 14.2 Å². The summed E-state index contributed by atoms with van der Waals surface area (Å²) in [4.78, 5) is 21.7. The third kappa shape index (κ3) is 2.50. The lowest BCUT2D eigenvalue weighted by Gasteiger charge is -2.17. The summed E-state index contributed by atoms with van der Waals surface area (Å²) in [6.45, 7) is 4.56. The maximum absolute atomic E-state index is 12.6. The lowest BCUT2D eigenvalue weighted by molar-refractivity contribution is 0.0784. The second kappa shape index (κ2) is 5.73. The van der Waals surface area contributed by atoms with Gasteiger partial charge in [-0.15, -0.1) is 22.7 Å². The highest BCUT2D eigenvalue weighted by atomic mass is 32.1. The van der Waals surface area contributed by atoms with Crippen molar-refractivity contribution in [2.45, 2.75) is 20.4 Å². The number of thiophene rings is 1. The first-order chi connectivity index (χ1) is 10.5. The van der Waals surface area contributed by atoms with E-state index in [4.69, 9.17) is 4.74 Å². The van der Waals surface area contributed by atoms with Crippen LogP contribution in [-0.2, 0) is 6.54 Å². The predicted molar refractivity (Wildman–Crippen MR) is 89.2 cm³/mol. The third-order valence-corrected chi connectivity index (χ3v) is 5.30. The van der Waals surface area contributed by atoms with Gasteiger partial charge in [0.1, 0.15) is 10.6 Å². The van der Waals surface area contributed by atoms with Gasteiger partial charge in [0.2, 0.25) is 0 Å². The number of nitrogens with zero attached hydrogens (tertiary/aromatic N) is 3. The maximum Gasteiger partial charge on any atom is 0.267 e. The first-order valence-corrected chi connectivity index (χ1v) is 8.51. The number of hydrogen-bond acceptors (Lipinski definition) is 5. The Kier molecular flexibility index (Phi) is 3.92. The number of amides is 1. The Hall–Kier alpha value is -1.86. The summed E-state index contributed by atoms with van der Waals surface area (Å²) >= 11 is 3.06. The number of rotatable bonds is 4. The van der Waals surface area contributed by atoms with E-state index in [-0.39, 0.29) is 5.91 Å². The number of aromatic nitrogens is 2. The molecular formula is C15H17N3O2S2. The van der Waals surface area contributed by atoms with Gasteiger partial charge in [0, 0.05) is 18.1 Å². The molecule has 3 aromatic heterocycles. The van der Waals surface area contributed by atoms with E-state index in [1.54, 1.807) is 30.4 Å². The van der Waals surface area contributed by atoms with E-state index in [9.17, 15) is 4.79 Å². The van der Waals surface area contributed by atoms with Crippen LogP contribution in [0.15, 0.2) is 17.6 Å². The Morgan fingerprint density at radius 3 is 2.95 bits per heavy atom. The molecule has 3 aromatic rings. The summed E-state index contributed by atoms with van der Waals surface area (Å²) < 4.78 is 7.31. The van der Waals surface area contributed by atoms with Crippen LogP contribution in [0.4, 0.5) is 0 Å². The fourth-order valence-electron chi connectivity index (χ4n) is 2.38. The molecule has 0 saturated carbocycles. The summed E-state index contributed by atoms with van der Waals surface area (Å²) in [6.07, 6.45) is 2.07. The highest BCUT2D eigenvalue weighted by Gasteiger charge is 2.21. The number of imidazole rings is 1. The normalized spacial score (nSPS) is 11.1. The Morgan fingerprint density at radius 2 is 2.23 bits per heavy atom. The number of ether oxygens (including phenoxy) is 1. The summed E-state index contributed by atoms with van der Waals surface area (Å²) in [5.74, 6) is 0.594. The third-order valence-electron chi connectivity index (χ3n) is 3.52. The molecule has 7 heteroatoms. The summed E-state index contributed by atoms with van der Waals surface area (Å²) in [7, 11) is 3.39. The molecule has 0 fully saturated rings. The lowest BCUT2D eigenvalue weighted by Crippen LogP contribution is -2.26. The van der Waals surface area contributed by atoms with E-state index >= 15 is 0 Å². The smallest absolute Gasteiger partial charge is 0.267 e. The first kappa shape index (κ1) is 15.1. The zero-order valence-electron chi connectivity index (χ0n) is 12.9. The molecule has 0 aliphatic heterocycles. The molecule has 0 saturated heterocycles. The van der Waals surface area contributed by atoms with Crippen LogP contribution < -0.4 is 4.74 Å². The zero-order valence-corrected chi connectivity index (χ0v) is 14.5. The highest BCUT2D eigenvalue weighted by Crippen LogP contribution is 2.27. The largest absolute Gasteiger partial charge is 0.495 e. The maximum atomic E-state index is 12.6. The topological polar surface area (TPSA) is 46.8 Å². The van der Waals surface area contributed by atoms with Crippen molar-refractivity contribution >= 4 is 33.5 Å². The van der Waals surface area contributed by atoms with Gasteiger partial charge in [-0.25, -0.2) is 4.98 Å². The van der Waals surface area contributed by atoms with E-state index < -0.39 is 0 Å². The molecule has 0 unspecified atom stereocenters. The van der Waals surface area contributed by atoms with Gasteiger partial charge in [0.15, 0.2) is 4.96 Å². The molecule has 0 aliphatic rings. The van der Waals surface area contributed by atoms with E-state index in [1.807, 2.05) is 18.4 Å². The summed E-state index contributed by atoms with van der Waals surface area (Å²) in [5.41, 5.74) is 2.01. The molecule has 5 nitrogen and oxygen atoms in total. The van der Waals surface area contributed by atoms with Crippen molar-refractivity contribution in [3.05, 3.63) is 38.8 Å². The number of carbonyl (C=O) groups is 1. The van der Waals surface area contributed by atoms with E-state index in [2.05, 4.69) is 22.5 Å². The van der Waals surface area contributed by atoms with Gasteiger partial charge in [0.25, 0.3) is 5.91 Å². The van der Waals surface area contributed by atoms with Crippen LogP contribution in [0.25, 0.3) is 4.96 Å². The molecule has 0 N–H and O–H groups in total. The van der Waals surface area contributed by atoms with Gasteiger partial charge >= 0.3 is 0 Å². The number of hydrogen-bond donors (Lipinski definition) is 0. The van der Waals surface area contributed by atoms with Gasteiger partial charge in [-0.1, -0.05) is 0 Å². The van der Waals surface area contributed by atoms with Crippen LogP contribution >= 0.6 is 22.7 Å². The van der Waals surface area contributed by atoms with Gasteiger partial charge in [-0.3, -0.25) is 9.20 Å². The van der Waals surface area contributed by atoms with Gasteiger partial charge < -0.3 is 9.64 Å². The van der Waals surface area contributed by atoms with Crippen LogP contribution in [0.2, 0.25) is 0 Å². The SMILES string of the molecule is COc1ccsc1C(=O)N(C)Cc1c(C)nc2sc(C)cn12. The number of thiazole rings is 1. The summed E-state index contributed by atoms with van der Waals surface area (Å²) in [6, 6.07) is 1.82. The fourth-order valence-corrected chi connectivity index (χ4v) is 4.13.